The van der Waals surface area contributed by atoms with Crippen LogP contribution in [0.4, 0.5) is 0 Å². The minimum Gasteiger partial charge on any atom is -0.458 e. The highest BCUT2D eigenvalue weighted by Crippen LogP contribution is 2.32. The lowest BCUT2D eigenvalue weighted by Crippen LogP contribution is -2.32. The van der Waals surface area contributed by atoms with Gasteiger partial charge in [-0.05, 0) is 17.4 Å². The van der Waals surface area contributed by atoms with Crippen LogP contribution in [-0.4, -0.2) is 20.6 Å². The maximum absolute atomic E-state index is 12.6. The van der Waals surface area contributed by atoms with Crippen LogP contribution in [0.5, 0.6) is 0 Å². The Balaban J connectivity index is 0.000000570. The van der Waals surface area contributed by atoms with Gasteiger partial charge in [-0.15, -0.1) is 23.3 Å². The summed E-state index contributed by atoms with van der Waals surface area (Å²) < 4.78 is 6.41. The summed E-state index contributed by atoms with van der Waals surface area (Å²) in [6, 6.07) is 3.50. The topological polar surface area (TPSA) is 81.4 Å². The molecule has 0 amide bonds. The average molecular weight is 393 g/mol. The molecule has 0 fully saturated rings. The Morgan fingerprint density at radius 2 is 1.92 bits per heavy atom. The highest BCUT2D eigenvalue weighted by atomic mass is 33.1. The molecular weight excluding hydrogens is 372 g/mol. The van der Waals surface area contributed by atoms with Gasteiger partial charge in [0.2, 0.25) is 0 Å². The van der Waals surface area contributed by atoms with Crippen molar-refractivity contribution in [2.24, 2.45) is 0 Å². The average Bonchev–Trinajstić information content (AvgIpc) is 3.00. The molecule has 8 heteroatoms. The van der Waals surface area contributed by atoms with Crippen LogP contribution in [0.1, 0.15) is 36.6 Å². The Morgan fingerprint density at radius 1 is 1.27 bits per heavy atom. The zero-order chi connectivity index (χ0) is 19.6. The number of aliphatic hydroxyl groups is 1. The van der Waals surface area contributed by atoms with E-state index < -0.39 is 12.1 Å². The molecule has 0 aliphatic carbocycles. The number of hydrogen-bond acceptors (Lipinski definition) is 7. The number of pyridine rings is 2. The van der Waals surface area contributed by atoms with Gasteiger partial charge in [0.05, 0.1) is 28.8 Å². The minimum atomic E-state index is -1.43. The fraction of sp³-hybridized carbons (Fsp3) is 0.278. The van der Waals surface area contributed by atoms with Gasteiger partial charge in [0.15, 0.2) is 6.10 Å². The first-order valence-electron chi connectivity index (χ1n) is 7.97. The molecule has 2 aliphatic heterocycles. The van der Waals surface area contributed by atoms with E-state index in [1.807, 2.05) is 19.9 Å². The van der Waals surface area contributed by atoms with Gasteiger partial charge < -0.3 is 14.4 Å². The fourth-order valence-corrected chi connectivity index (χ4v) is 2.95. The van der Waals surface area contributed by atoms with Crippen LogP contribution in [0.15, 0.2) is 16.9 Å². The highest BCUT2D eigenvalue weighted by Gasteiger charge is 2.33. The maximum atomic E-state index is 12.6. The molecule has 0 aromatic carbocycles. The molecule has 6 nitrogen and oxygen atoms in total. The molecule has 1 N–H and O–H groups in total. The van der Waals surface area contributed by atoms with Crippen molar-refractivity contribution in [1.29, 1.82) is 0 Å². The van der Waals surface area contributed by atoms with Crippen LogP contribution >= 0.6 is 23.3 Å². The molecule has 0 saturated carbocycles. The third kappa shape index (κ3) is 3.20. The summed E-state index contributed by atoms with van der Waals surface area (Å²) in [4.78, 5) is 28.5. The number of thiol groups is 2. The molecule has 4 rings (SSSR count). The predicted molar refractivity (Wildman–Crippen MR) is 107 cm³/mol. The van der Waals surface area contributed by atoms with Gasteiger partial charge in [-0.3, -0.25) is 4.79 Å². The van der Waals surface area contributed by atoms with Gasteiger partial charge in [-0.2, -0.15) is 0 Å². The third-order valence-corrected chi connectivity index (χ3v) is 4.15. The lowest BCUT2D eigenvalue weighted by Gasteiger charge is -2.21. The van der Waals surface area contributed by atoms with E-state index in [2.05, 4.69) is 41.5 Å². The summed E-state index contributed by atoms with van der Waals surface area (Å²) in [6.45, 7) is 12.0. The summed E-state index contributed by atoms with van der Waals surface area (Å²) in [6.07, 6.45) is -1.43. The van der Waals surface area contributed by atoms with Crippen molar-refractivity contribution in [3.05, 3.63) is 49.7 Å². The van der Waals surface area contributed by atoms with E-state index in [0.717, 1.165) is 5.56 Å². The SMILES string of the molecule is C=c1cc2c(nc1=C)-c1cc3c(c(=O)n1C2)COC(=O)C3O.CC.SS. The second-order valence-corrected chi connectivity index (χ2v) is 5.47. The van der Waals surface area contributed by atoms with Crippen LogP contribution in [-0.2, 0) is 22.7 Å². The van der Waals surface area contributed by atoms with Crippen molar-refractivity contribution in [2.45, 2.75) is 33.1 Å². The largest absolute Gasteiger partial charge is 0.458 e. The Bertz CT molecular complexity index is 1020. The van der Waals surface area contributed by atoms with Gasteiger partial charge in [0, 0.05) is 11.1 Å². The lowest BCUT2D eigenvalue weighted by molar-refractivity contribution is -0.157. The third-order valence-electron chi connectivity index (χ3n) is 4.15. The Kier molecular flexibility index (Phi) is 6.33. The van der Waals surface area contributed by atoms with Crippen molar-refractivity contribution in [3.8, 4) is 11.4 Å². The molecule has 2 aliphatic rings. The summed E-state index contributed by atoms with van der Waals surface area (Å²) in [5.74, 6) is -0.742. The molecular formula is C18H20N2O4S2. The quantitative estimate of drug-likeness (QED) is 0.302. The smallest absolute Gasteiger partial charge is 0.340 e. The molecule has 26 heavy (non-hydrogen) atoms. The van der Waals surface area contributed by atoms with E-state index in [1.165, 1.54) is 0 Å². The lowest BCUT2D eigenvalue weighted by atomic mass is 10.0. The number of esters is 1. The first-order chi connectivity index (χ1) is 12.5. The molecule has 0 radical (unpaired) electrons. The van der Waals surface area contributed by atoms with E-state index in [-0.39, 0.29) is 12.2 Å². The molecule has 1 unspecified atom stereocenters. The van der Waals surface area contributed by atoms with Gasteiger partial charge in [-0.1, -0.05) is 27.0 Å². The van der Waals surface area contributed by atoms with Crippen LogP contribution in [0.2, 0.25) is 0 Å². The number of cyclic esters (lactones) is 1. The zero-order valence-electron chi connectivity index (χ0n) is 14.5. The van der Waals surface area contributed by atoms with E-state index in [1.54, 1.807) is 10.6 Å². The number of carbonyl (C=O) groups excluding carboxylic acids is 1. The molecule has 2 aromatic heterocycles. The number of rotatable bonds is 0. The summed E-state index contributed by atoms with van der Waals surface area (Å²) in [7, 11) is 0. The highest BCUT2D eigenvalue weighted by molar-refractivity contribution is 8.59. The number of fused-ring (bicyclic) bond motifs is 4. The van der Waals surface area contributed by atoms with Crippen molar-refractivity contribution in [1.82, 2.24) is 9.55 Å². The van der Waals surface area contributed by atoms with Crippen LogP contribution < -0.4 is 16.1 Å². The number of nitrogens with zero attached hydrogens (tertiary/aromatic N) is 2. The Hall–Kier alpha value is -2.03. The number of carbonyl (C=O) groups is 1. The number of hydrogen-bond donors (Lipinski definition) is 3. The molecule has 2 aromatic rings. The van der Waals surface area contributed by atoms with Gasteiger partial charge in [0.25, 0.3) is 5.56 Å². The van der Waals surface area contributed by atoms with Gasteiger partial charge >= 0.3 is 5.97 Å². The zero-order valence-corrected chi connectivity index (χ0v) is 16.3. The first-order valence-corrected chi connectivity index (χ1v) is 9.57. The summed E-state index contributed by atoms with van der Waals surface area (Å²) >= 11 is 6.44. The maximum Gasteiger partial charge on any atom is 0.340 e. The van der Waals surface area contributed by atoms with Crippen molar-refractivity contribution >= 4 is 42.4 Å². The summed E-state index contributed by atoms with van der Waals surface area (Å²) in [5, 5.41) is 11.2. The Labute approximate surface area is 161 Å². The van der Waals surface area contributed by atoms with Gasteiger partial charge in [-0.25, -0.2) is 9.78 Å². The number of ether oxygens (including phenoxy) is 1. The van der Waals surface area contributed by atoms with E-state index in [9.17, 15) is 14.7 Å². The molecule has 0 spiro atoms. The second kappa shape index (κ2) is 8.11. The van der Waals surface area contributed by atoms with E-state index in [0.29, 0.717) is 39.6 Å². The van der Waals surface area contributed by atoms with Crippen molar-refractivity contribution in [2.75, 3.05) is 0 Å². The number of aliphatic hydroxyl groups excluding tert-OH is 1. The van der Waals surface area contributed by atoms with Crippen LogP contribution in [0, 0.1) is 0 Å². The predicted octanol–water partition coefficient (Wildman–Crippen LogP) is 0.970. The van der Waals surface area contributed by atoms with Crippen molar-refractivity contribution < 1.29 is 14.6 Å². The first kappa shape index (κ1) is 20.3. The second-order valence-electron chi connectivity index (χ2n) is 5.47. The molecule has 0 bridgehead atoms. The monoisotopic (exact) mass is 392 g/mol. The van der Waals surface area contributed by atoms with Crippen LogP contribution in [0.3, 0.4) is 0 Å². The standard InChI is InChI=1S/C16H12N2O4.C2H6.H2S2/c1-7-3-9-5-18-12(13(9)17-8(7)2)4-10-11(15(18)20)6-22-16(21)14(10)19;2*1-2/h3-4,14,19H,1-2,5-6H2;1-2H3;1-2H. The summed E-state index contributed by atoms with van der Waals surface area (Å²) in [5.41, 5.74) is 2.44. The molecule has 1 atom stereocenters. The molecule has 4 heterocycles. The Morgan fingerprint density at radius 3 is 2.58 bits per heavy atom. The van der Waals surface area contributed by atoms with Gasteiger partial charge in [0.1, 0.15) is 6.61 Å². The molecule has 0 saturated heterocycles. The van der Waals surface area contributed by atoms with Crippen molar-refractivity contribution in [3.63, 3.8) is 0 Å². The fourth-order valence-electron chi connectivity index (χ4n) is 2.95. The molecule has 138 valence electrons. The van der Waals surface area contributed by atoms with Crippen LogP contribution in [0.25, 0.3) is 24.5 Å². The normalized spacial score (nSPS) is 16.0. The van der Waals surface area contributed by atoms with E-state index in [4.69, 9.17) is 4.74 Å². The minimum absolute atomic E-state index is 0.116. The van der Waals surface area contributed by atoms with E-state index >= 15 is 0 Å². The number of aromatic nitrogens is 2.